The number of nitrogens with zero attached hydrogens (tertiary/aromatic N) is 2. The van der Waals surface area contributed by atoms with Crippen molar-refractivity contribution in [3.8, 4) is 0 Å². The molecule has 3 atom stereocenters. The molecule has 11 heteroatoms. The van der Waals surface area contributed by atoms with Crippen LogP contribution in [0.1, 0.15) is 6.92 Å². The number of halogens is 1. The molecule has 0 aromatic heterocycles. The number of nitrogens with one attached hydrogen (secondary N) is 1. The molecule has 2 aliphatic heterocycles. The molecule has 2 rings (SSSR count). The minimum Gasteiger partial charge on any atom is -0.477 e. The molecule has 3 amide bonds. The lowest BCUT2D eigenvalue weighted by molar-refractivity contribution is -0.876. The number of carbonyl (C=O) groups excluding carboxylic acids is 3. The van der Waals surface area contributed by atoms with Gasteiger partial charge in [-0.25, -0.2) is 4.79 Å². The third-order valence-electron chi connectivity index (χ3n) is 4.36. The van der Waals surface area contributed by atoms with Gasteiger partial charge < -0.3 is 20.6 Å². The molecule has 2 aliphatic rings. The van der Waals surface area contributed by atoms with Crippen molar-refractivity contribution < 1.29 is 28.8 Å². The number of likely N-dealkylation sites (N-methyl/N-ethyl adjacent to an activating group) is 1. The first-order valence-electron chi connectivity index (χ1n) is 8.57. The molecule has 1 saturated heterocycles. The number of allylic oxidation sites excluding steroid dienone is 1. The van der Waals surface area contributed by atoms with Gasteiger partial charge in [0.15, 0.2) is 6.54 Å². The molecule has 0 spiro atoms. The van der Waals surface area contributed by atoms with Crippen molar-refractivity contribution in [3.63, 3.8) is 0 Å². The summed E-state index contributed by atoms with van der Waals surface area (Å²) in [5.41, 5.74) is 5.68. The molecule has 0 bridgehead atoms. The third kappa shape index (κ3) is 4.95. The maximum atomic E-state index is 12.5. The normalized spacial score (nSPS) is 23.3. The number of thioether (sulfide) groups is 1. The van der Waals surface area contributed by atoms with Gasteiger partial charge in [-0.3, -0.25) is 19.3 Å². The Morgan fingerprint density at radius 3 is 2.64 bits per heavy atom. The molecule has 154 valence electrons. The van der Waals surface area contributed by atoms with E-state index in [9.17, 15) is 24.3 Å². The first-order valence-corrected chi connectivity index (χ1v) is 10.5. The van der Waals surface area contributed by atoms with Gasteiger partial charge in [0.05, 0.1) is 25.5 Å². The van der Waals surface area contributed by atoms with Crippen LogP contribution < -0.4 is 11.1 Å². The maximum absolute atomic E-state index is 12.5. The van der Waals surface area contributed by atoms with Crippen molar-refractivity contribution in [2.24, 2.45) is 5.73 Å². The van der Waals surface area contributed by atoms with Crippen molar-refractivity contribution >= 4 is 51.4 Å². The summed E-state index contributed by atoms with van der Waals surface area (Å²) >= 11 is 4.55. The summed E-state index contributed by atoms with van der Waals surface area (Å²) in [6, 6.07) is -0.733. The lowest BCUT2D eigenvalue weighted by Gasteiger charge is -2.49. The van der Waals surface area contributed by atoms with Gasteiger partial charge in [0, 0.05) is 5.75 Å². The molecule has 0 aromatic rings. The number of nitrogens with two attached hydrogens (primary N) is 1. The average Bonchev–Trinajstić information content (AvgIpc) is 2.57. The van der Waals surface area contributed by atoms with Crippen LogP contribution in [0.25, 0.3) is 0 Å². The van der Waals surface area contributed by atoms with E-state index in [2.05, 4.69) is 21.2 Å². The number of quaternary nitrogens is 1. The van der Waals surface area contributed by atoms with E-state index in [1.165, 1.54) is 16.7 Å². The number of hydrogen-bond acceptors (Lipinski definition) is 5. The zero-order valence-corrected chi connectivity index (χ0v) is 18.2. The summed E-state index contributed by atoms with van der Waals surface area (Å²) in [7, 11) is 3.68. The zero-order chi connectivity index (χ0) is 21.2. The van der Waals surface area contributed by atoms with Gasteiger partial charge >= 0.3 is 5.97 Å². The Labute approximate surface area is 175 Å². The summed E-state index contributed by atoms with van der Waals surface area (Å²) in [6.07, 6.45) is 3.45. The Kier molecular flexibility index (Phi) is 6.94. The Hall–Kier alpha value is -1.85. The minimum atomic E-state index is -1.19. The Morgan fingerprint density at radius 1 is 1.46 bits per heavy atom. The molecule has 0 radical (unpaired) electrons. The lowest BCUT2D eigenvalue weighted by Crippen LogP contribution is -2.70. The summed E-state index contributed by atoms with van der Waals surface area (Å²) < 4.78 is 0.332. The van der Waals surface area contributed by atoms with E-state index in [1.807, 2.05) is 14.1 Å². The SMILES string of the molecule is C[C@@H](Br)C(=O)N[C@@H]1C(=O)N2C(C(=O)O)=C(/C=C/C[N+](C)(C)CC(N)=O)CS[C@H]12. The fourth-order valence-electron chi connectivity index (χ4n) is 3.01. The van der Waals surface area contributed by atoms with Gasteiger partial charge in [0.1, 0.15) is 17.1 Å². The first-order chi connectivity index (χ1) is 12.9. The second kappa shape index (κ2) is 8.66. The van der Waals surface area contributed by atoms with Crippen LogP contribution in [0.15, 0.2) is 23.4 Å². The Bertz CT molecular complexity index is 765. The van der Waals surface area contributed by atoms with Crippen molar-refractivity contribution in [2.45, 2.75) is 23.2 Å². The third-order valence-corrected chi connectivity index (χ3v) is 6.08. The van der Waals surface area contributed by atoms with E-state index >= 15 is 0 Å². The summed E-state index contributed by atoms with van der Waals surface area (Å²) in [4.78, 5) is 48.0. The predicted molar refractivity (Wildman–Crippen MR) is 108 cm³/mol. The topological polar surface area (TPSA) is 130 Å². The monoisotopic (exact) mass is 475 g/mol. The number of carboxylic acids is 1. The second-order valence-corrected chi connectivity index (χ2v) is 9.81. The van der Waals surface area contributed by atoms with Crippen LogP contribution in [-0.4, -0.2) is 87.4 Å². The number of β-lactam (4-membered cyclic amide) rings is 1. The van der Waals surface area contributed by atoms with Crippen LogP contribution in [0.4, 0.5) is 0 Å². The van der Waals surface area contributed by atoms with E-state index in [1.54, 1.807) is 19.1 Å². The molecule has 0 aromatic carbocycles. The van der Waals surface area contributed by atoms with Crippen LogP contribution in [-0.2, 0) is 19.2 Å². The van der Waals surface area contributed by atoms with Crippen LogP contribution in [0, 0.1) is 0 Å². The van der Waals surface area contributed by atoms with Gasteiger partial charge in [-0.05, 0) is 18.6 Å². The van der Waals surface area contributed by atoms with Gasteiger partial charge in [-0.1, -0.05) is 22.0 Å². The summed E-state index contributed by atoms with van der Waals surface area (Å²) in [5.74, 6) is -1.97. The molecule has 0 saturated carbocycles. The highest BCUT2D eigenvalue weighted by molar-refractivity contribution is 9.10. The van der Waals surface area contributed by atoms with Gasteiger partial charge in [-0.2, -0.15) is 0 Å². The highest BCUT2D eigenvalue weighted by Crippen LogP contribution is 2.40. The van der Waals surface area contributed by atoms with E-state index in [0.717, 1.165) is 0 Å². The molecule has 2 heterocycles. The first kappa shape index (κ1) is 22.4. The van der Waals surface area contributed by atoms with Crippen molar-refractivity contribution in [1.82, 2.24) is 10.2 Å². The fourth-order valence-corrected chi connectivity index (χ4v) is 4.46. The summed E-state index contributed by atoms with van der Waals surface area (Å²) in [5, 5.41) is 11.8. The molecule has 1 fully saturated rings. The van der Waals surface area contributed by atoms with E-state index in [4.69, 9.17) is 5.73 Å². The number of fused-ring (bicyclic) bond motifs is 1. The van der Waals surface area contributed by atoms with Crippen molar-refractivity contribution in [1.29, 1.82) is 0 Å². The molecule has 0 aliphatic carbocycles. The molecule has 28 heavy (non-hydrogen) atoms. The largest absolute Gasteiger partial charge is 0.477 e. The number of hydrogen-bond donors (Lipinski definition) is 3. The van der Waals surface area contributed by atoms with Gasteiger partial charge in [0.25, 0.3) is 11.8 Å². The number of carboxylic acid groups (broad SMARTS) is 1. The number of alkyl halides is 1. The van der Waals surface area contributed by atoms with Crippen molar-refractivity contribution in [2.75, 3.05) is 32.9 Å². The van der Waals surface area contributed by atoms with Crippen molar-refractivity contribution in [3.05, 3.63) is 23.4 Å². The lowest BCUT2D eigenvalue weighted by atomic mass is 10.0. The number of rotatable bonds is 8. The highest BCUT2D eigenvalue weighted by atomic mass is 79.9. The van der Waals surface area contributed by atoms with E-state index in [0.29, 0.717) is 22.4 Å². The number of primary amides is 1. The van der Waals surface area contributed by atoms with E-state index in [-0.39, 0.29) is 18.1 Å². The Morgan fingerprint density at radius 2 is 2.11 bits per heavy atom. The molecular formula is C17H24BrN4O5S+. The number of aliphatic carboxylic acids is 1. The second-order valence-electron chi connectivity index (χ2n) is 7.34. The standard InChI is InChI=1S/C17H23BrN4O5S/c1-9(18)14(24)20-12-15(25)21-13(17(26)27)10(8-28-16(12)21)5-4-6-22(2,3)7-11(19)23/h4-5,9,12,16H,6-8H2,1-3H3,(H3-,19,20,23,24,26,27)/p+1/b5-4+/t9-,12-,16-/m1/s1. The molecule has 9 nitrogen and oxygen atoms in total. The molecule has 0 unspecified atom stereocenters. The smallest absolute Gasteiger partial charge is 0.352 e. The number of amides is 3. The van der Waals surface area contributed by atoms with Crippen LogP contribution in [0.5, 0.6) is 0 Å². The molecular weight excluding hydrogens is 452 g/mol. The minimum absolute atomic E-state index is 0.0670. The number of carbonyl (C=O) groups is 4. The quantitative estimate of drug-likeness (QED) is 0.249. The highest BCUT2D eigenvalue weighted by Gasteiger charge is 2.54. The fraction of sp³-hybridized carbons (Fsp3) is 0.529. The van der Waals surface area contributed by atoms with Crippen LogP contribution in [0.2, 0.25) is 0 Å². The maximum Gasteiger partial charge on any atom is 0.352 e. The van der Waals surface area contributed by atoms with Crippen LogP contribution >= 0.6 is 27.7 Å². The Balaban J connectivity index is 2.16. The predicted octanol–water partition coefficient (Wildman–Crippen LogP) is -0.374. The average molecular weight is 476 g/mol. The zero-order valence-electron chi connectivity index (χ0n) is 15.8. The molecule has 4 N–H and O–H groups in total. The van der Waals surface area contributed by atoms with E-state index < -0.39 is 34.0 Å². The van der Waals surface area contributed by atoms with Crippen LogP contribution in [0.3, 0.4) is 0 Å². The summed E-state index contributed by atoms with van der Waals surface area (Å²) in [6.45, 7) is 2.28. The van der Waals surface area contributed by atoms with Gasteiger partial charge in [-0.15, -0.1) is 11.8 Å². The van der Waals surface area contributed by atoms with Gasteiger partial charge in [0.2, 0.25) is 5.91 Å².